The van der Waals surface area contributed by atoms with Gasteiger partial charge in [-0.05, 0) is 55.3 Å². The van der Waals surface area contributed by atoms with Crippen LogP contribution in [0.1, 0.15) is 27.9 Å². The first-order valence-electron chi connectivity index (χ1n) is 7.76. The molecule has 2 aromatic rings. The third-order valence-corrected chi connectivity index (χ3v) is 6.49. The Labute approximate surface area is 152 Å². The highest BCUT2D eigenvalue weighted by atomic mass is 35.5. The van der Waals surface area contributed by atoms with Crippen molar-refractivity contribution in [1.82, 2.24) is 0 Å². The van der Waals surface area contributed by atoms with Gasteiger partial charge in [0, 0.05) is 23.6 Å². The van der Waals surface area contributed by atoms with Crippen molar-refractivity contribution in [2.75, 3.05) is 18.0 Å². The monoisotopic (exact) mass is 379 g/mol. The van der Waals surface area contributed by atoms with Crippen LogP contribution < -0.4 is 9.04 Å². The van der Waals surface area contributed by atoms with Gasteiger partial charge < -0.3 is 4.74 Å². The highest BCUT2D eigenvalue weighted by molar-refractivity contribution is 7.93. The van der Waals surface area contributed by atoms with Gasteiger partial charge in [0.25, 0.3) is 10.0 Å². The normalized spacial score (nSPS) is 14.4. The summed E-state index contributed by atoms with van der Waals surface area (Å²) in [6, 6.07) is 7.98. The van der Waals surface area contributed by atoms with E-state index in [9.17, 15) is 13.2 Å². The molecule has 25 heavy (non-hydrogen) atoms. The van der Waals surface area contributed by atoms with Crippen molar-refractivity contribution in [3.8, 4) is 5.75 Å². The molecule has 0 fully saturated rings. The number of halogens is 1. The number of nitrogens with zero attached hydrogens (tertiary/aromatic N) is 1. The molecule has 0 N–H and O–H groups in total. The minimum atomic E-state index is -3.88. The zero-order valence-electron chi connectivity index (χ0n) is 14.2. The van der Waals surface area contributed by atoms with E-state index in [0.29, 0.717) is 16.3 Å². The van der Waals surface area contributed by atoms with E-state index in [0.717, 1.165) is 11.1 Å². The van der Waals surface area contributed by atoms with E-state index in [1.807, 2.05) is 13.8 Å². The van der Waals surface area contributed by atoms with Crippen molar-refractivity contribution < 1.29 is 17.9 Å². The van der Waals surface area contributed by atoms with Crippen LogP contribution in [0.5, 0.6) is 5.75 Å². The van der Waals surface area contributed by atoms with Gasteiger partial charge in [0.15, 0.2) is 5.78 Å². The van der Waals surface area contributed by atoms with Gasteiger partial charge in [-0.2, -0.15) is 0 Å². The SMILES string of the molecule is COc1cc(C)c(C)cc1S(=O)(=O)N1CCC(=O)c2cc(Cl)ccc21. The molecule has 0 aromatic heterocycles. The molecular formula is C18H18ClNO4S. The topological polar surface area (TPSA) is 63.7 Å². The summed E-state index contributed by atoms with van der Waals surface area (Å²) >= 11 is 5.97. The number of sulfonamides is 1. The largest absolute Gasteiger partial charge is 0.495 e. The number of ether oxygens (including phenoxy) is 1. The number of hydrogen-bond acceptors (Lipinski definition) is 4. The molecule has 0 spiro atoms. The van der Waals surface area contributed by atoms with Crippen LogP contribution in [0.15, 0.2) is 35.2 Å². The molecule has 0 saturated carbocycles. The highest BCUT2D eigenvalue weighted by Gasteiger charge is 2.34. The molecule has 1 aliphatic rings. The van der Waals surface area contributed by atoms with Crippen molar-refractivity contribution in [1.29, 1.82) is 0 Å². The van der Waals surface area contributed by atoms with E-state index in [4.69, 9.17) is 16.3 Å². The van der Waals surface area contributed by atoms with Crippen molar-refractivity contribution in [3.05, 3.63) is 52.0 Å². The van der Waals surface area contributed by atoms with Crippen LogP contribution in [0.4, 0.5) is 5.69 Å². The number of anilines is 1. The lowest BCUT2D eigenvalue weighted by molar-refractivity contribution is 0.0982. The van der Waals surface area contributed by atoms with Gasteiger partial charge >= 0.3 is 0 Å². The summed E-state index contributed by atoms with van der Waals surface area (Å²) in [5, 5.41) is 0.398. The van der Waals surface area contributed by atoms with Crippen LogP contribution in [0.2, 0.25) is 5.02 Å². The Morgan fingerprint density at radius 2 is 1.80 bits per heavy atom. The molecule has 1 heterocycles. The number of carbonyl (C=O) groups is 1. The van der Waals surface area contributed by atoms with E-state index in [1.54, 1.807) is 24.3 Å². The number of benzene rings is 2. The fourth-order valence-electron chi connectivity index (χ4n) is 2.90. The van der Waals surface area contributed by atoms with Crippen LogP contribution in [0.25, 0.3) is 0 Å². The first kappa shape index (κ1) is 17.8. The fourth-order valence-corrected chi connectivity index (χ4v) is 4.78. The van der Waals surface area contributed by atoms with Gasteiger partial charge in [0.05, 0.1) is 12.8 Å². The highest BCUT2D eigenvalue weighted by Crippen LogP contribution is 2.37. The summed E-state index contributed by atoms with van der Waals surface area (Å²) < 4.78 is 33.1. The molecule has 0 unspecified atom stereocenters. The van der Waals surface area contributed by atoms with E-state index >= 15 is 0 Å². The lowest BCUT2D eigenvalue weighted by Gasteiger charge is -2.30. The summed E-state index contributed by atoms with van der Waals surface area (Å²) in [6.07, 6.45) is 0.111. The maximum absolute atomic E-state index is 13.3. The van der Waals surface area contributed by atoms with Crippen molar-refractivity contribution >= 4 is 33.1 Å². The minimum Gasteiger partial charge on any atom is -0.495 e. The molecule has 0 saturated heterocycles. The van der Waals surface area contributed by atoms with E-state index in [1.165, 1.54) is 17.5 Å². The Morgan fingerprint density at radius 1 is 1.12 bits per heavy atom. The third-order valence-electron chi connectivity index (χ3n) is 4.42. The first-order chi connectivity index (χ1) is 11.8. The van der Waals surface area contributed by atoms with Crippen LogP contribution in [-0.2, 0) is 10.0 Å². The Bertz CT molecular complexity index is 969. The smallest absolute Gasteiger partial charge is 0.268 e. The number of Topliss-reactive ketones (excluding diaryl/α,β-unsaturated/α-hetero) is 1. The molecule has 0 radical (unpaired) electrons. The standard InChI is InChI=1S/C18H18ClNO4S/c1-11-8-17(24-3)18(9-12(11)2)25(22,23)20-7-6-16(21)14-10-13(19)4-5-15(14)20/h4-5,8-10H,6-7H2,1-3H3. The van der Waals surface area contributed by atoms with Crippen molar-refractivity contribution in [3.63, 3.8) is 0 Å². The number of fused-ring (bicyclic) bond motifs is 1. The molecule has 5 nitrogen and oxygen atoms in total. The fraction of sp³-hybridized carbons (Fsp3) is 0.278. The number of rotatable bonds is 3. The number of methoxy groups -OCH3 is 1. The molecule has 0 atom stereocenters. The summed E-state index contributed by atoms with van der Waals surface area (Å²) in [5.41, 5.74) is 2.46. The Hall–Kier alpha value is -2.05. The molecule has 7 heteroatoms. The van der Waals surface area contributed by atoms with Gasteiger partial charge in [-0.15, -0.1) is 0 Å². The van der Waals surface area contributed by atoms with Crippen LogP contribution in [0, 0.1) is 13.8 Å². The average Bonchev–Trinajstić information content (AvgIpc) is 2.57. The second-order valence-corrected chi connectivity index (χ2v) is 8.27. The lowest BCUT2D eigenvalue weighted by Crippen LogP contribution is -2.37. The second kappa shape index (κ2) is 6.35. The Kier molecular flexibility index (Phi) is 4.51. The number of carbonyl (C=O) groups excluding carboxylic acids is 1. The maximum atomic E-state index is 13.3. The van der Waals surface area contributed by atoms with Gasteiger partial charge in [0.1, 0.15) is 10.6 Å². The summed E-state index contributed by atoms with van der Waals surface area (Å²) in [7, 11) is -2.44. The summed E-state index contributed by atoms with van der Waals surface area (Å²) in [5.74, 6) is 0.173. The van der Waals surface area contributed by atoms with Crippen molar-refractivity contribution in [2.24, 2.45) is 0 Å². The third kappa shape index (κ3) is 3.00. The van der Waals surface area contributed by atoms with Gasteiger partial charge in [-0.1, -0.05) is 11.6 Å². The van der Waals surface area contributed by atoms with E-state index in [-0.39, 0.29) is 29.4 Å². The van der Waals surface area contributed by atoms with E-state index in [2.05, 4.69) is 0 Å². The molecular weight excluding hydrogens is 362 g/mol. The zero-order valence-corrected chi connectivity index (χ0v) is 15.7. The molecule has 2 aromatic carbocycles. The molecule has 1 aliphatic heterocycles. The van der Waals surface area contributed by atoms with Crippen molar-refractivity contribution in [2.45, 2.75) is 25.2 Å². The Morgan fingerprint density at radius 3 is 2.48 bits per heavy atom. The molecule has 0 bridgehead atoms. The van der Waals surface area contributed by atoms with E-state index < -0.39 is 10.0 Å². The quantitative estimate of drug-likeness (QED) is 0.814. The van der Waals surface area contributed by atoms with Crippen LogP contribution in [0.3, 0.4) is 0 Å². The predicted molar refractivity (Wildman–Crippen MR) is 97.4 cm³/mol. The minimum absolute atomic E-state index is 0.0892. The second-order valence-electron chi connectivity index (χ2n) is 6.00. The zero-order chi connectivity index (χ0) is 18.4. The van der Waals surface area contributed by atoms with Gasteiger partial charge in [-0.3, -0.25) is 9.10 Å². The number of aryl methyl sites for hydroxylation is 2. The number of ketones is 1. The van der Waals surface area contributed by atoms with Crippen LogP contribution in [-0.4, -0.2) is 27.9 Å². The first-order valence-corrected chi connectivity index (χ1v) is 9.58. The predicted octanol–water partition coefficient (Wildman–Crippen LogP) is 3.75. The molecule has 3 rings (SSSR count). The lowest BCUT2D eigenvalue weighted by atomic mass is 10.0. The molecule has 132 valence electrons. The number of hydrogen-bond donors (Lipinski definition) is 0. The summed E-state index contributed by atoms with van der Waals surface area (Å²) in [4.78, 5) is 12.3. The Balaban J connectivity index is 2.19. The van der Waals surface area contributed by atoms with Gasteiger partial charge in [0.2, 0.25) is 0 Å². The average molecular weight is 380 g/mol. The molecule has 0 amide bonds. The summed E-state index contributed by atoms with van der Waals surface area (Å²) in [6.45, 7) is 3.83. The van der Waals surface area contributed by atoms with Gasteiger partial charge in [-0.25, -0.2) is 8.42 Å². The molecule has 0 aliphatic carbocycles. The maximum Gasteiger partial charge on any atom is 0.268 e. The van der Waals surface area contributed by atoms with Crippen LogP contribution >= 0.6 is 11.6 Å².